The van der Waals surface area contributed by atoms with Crippen molar-refractivity contribution in [3.8, 4) is 0 Å². The Hall–Kier alpha value is -3.19. The first-order valence-corrected chi connectivity index (χ1v) is 9.37. The first-order chi connectivity index (χ1) is 13.8. The fraction of sp³-hybridized carbons (Fsp3) is 0.286. The molecule has 0 saturated carbocycles. The number of amides is 1. The predicted molar refractivity (Wildman–Crippen MR) is 107 cm³/mol. The summed E-state index contributed by atoms with van der Waals surface area (Å²) < 4.78 is 9.27. The van der Waals surface area contributed by atoms with Crippen molar-refractivity contribution in [3.05, 3.63) is 66.2 Å². The summed E-state index contributed by atoms with van der Waals surface area (Å²) in [5.74, 6) is 0.843. The first-order valence-electron chi connectivity index (χ1n) is 9.37. The van der Waals surface area contributed by atoms with Crippen molar-refractivity contribution in [2.24, 2.45) is 0 Å². The molecular weight excluding hydrogens is 354 g/mol. The molecule has 1 amide bonds. The molecule has 4 aromatic rings. The van der Waals surface area contributed by atoms with Gasteiger partial charge in [0.2, 0.25) is 5.91 Å². The summed E-state index contributed by atoms with van der Waals surface area (Å²) in [4.78, 5) is 12.5. The van der Waals surface area contributed by atoms with Crippen LogP contribution in [0.4, 0.5) is 0 Å². The van der Waals surface area contributed by atoms with Gasteiger partial charge >= 0.3 is 0 Å². The summed E-state index contributed by atoms with van der Waals surface area (Å²) in [5.41, 5.74) is 2.96. The molecule has 0 radical (unpaired) electrons. The third kappa shape index (κ3) is 3.75. The van der Waals surface area contributed by atoms with E-state index >= 15 is 0 Å². The Morgan fingerprint density at radius 2 is 2.00 bits per heavy atom. The minimum absolute atomic E-state index is 0.00321. The van der Waals surface area contributed by atoms with Gasteiger partial charge in [-0.05, 0) is 23.8 Å². The Bertz CT molecular complexity index is 1100. The van der Waals surface area contributed by atoms with E-state index in [4.69, 9.17) is 4.74 Å². The number of aromatic nitrogens is 4. The van der Waals surface area contributed by atoms with Crippen molar-refractivity contribution in [3.63, 3.8) is 0 Å². The fourth-order valence-corrected chi connectivity index (χ4v) is 3.45. The molecule has 0 aliphatic carbocycles. The van der Waals surface area contributed by atoms with Crippen molar-refractivity contribution in [1.82, 2.24) is 24.5 Å². The number of rotatable bonds is 8. The van der Waals surface area contributed by atoms with Gasteiger partial charge in [0.25, 0.3) is 0 Å². The Morgan fingerprint density at radius 3 is 2.89 bits per heavy atom. The van der Waals surface area contributed by atoms with Gasteiger partial charge in [-0.1, -0.05) is 24.3 Å². The van der Waals surface area contributed by atoms with Crippen molar-refractivity contribution >= 4 is 22.5 Å². The van der Waals surface area contributed by atoms with Gasteiger partial charge in [-0.3, -0.25) is 9.20 Å². The van der Waals surface area contributed by atoms with Crippen LogP contribution in [0.5, 0.6) is 0 Å². The zero-order chi connectivity index (χ0) is 19.3. The van der Waals surface area contributed by atoms with Crippen LogP contribution in [0.1, 0.15) is 11.4 Å². The number of ether oxygens (including phenoxy) is 1. The molecule has 144 valence electrons. The SMILES string of the molecule is COCCn1cc(CC(=O)NCCc2nnc3ccccn23)c2ccccc21. The number of carbonyl (C=O) groups excluding carboxylic acids is 1. The molecule has 7 heteroatoms. The molecule has 28 heavy (non-hydrogen) atoms. The van der Waals surface area contributed by atoms with Gasteiger partial charge in [-0.25, -0.2) is 0 Å². The maximum Gasteiger partial charge on any atom is 0.224 e. The third-order valence-electron chi connectivity index (χ3n) is 4.81. The van der Waals surface area contributed by atoms with Crippen LogP contribution >= 0.6 is 0 Å². The largest absolute Gasteiger partial charge is 0.383 e. The van der Waals surface area contributed by atoms with Gasteiger partial charge in [-0.15, -0.1) is 10.2 Å². The average molecular weight is 377 g/mol. The molecule has 3 aromatic heterocycles. The van der Waals surface area contributed by atoms with Gasteiger partial charge < -0.3 is 14.6 Å². The zero-order valence-corrected chi connectivity index (χ0v) is 15.8. The van der Waals surface area contributed by atoms with E-state index in [-0.39, 0.29) is 5.91 Å². The number of hydrogen-bond acceptors (Lipinski definition) is 4. The molecule has 0 fully saturated rings. The molecule has 0 unspecified atom stereocenters. The van der Waals surface area contributed by atoms with E-state index in [0.717, 1.165) is 34.5 Å². The highest BCUT2D eigenvalue weighted by atomic mass is 16.5. The minimum atomic E-state index is 0.00321. The summed E-state index contributed by atoms with van der Waals surface area (Å²) in [6.45, 7) is 1.92. The zero-order valence-electron chi connectivity index (χ0n) is 15.8. The molecular formula is C21H23N5O2. The number of hydrogen-bond donors (Lipinski definition) is 1. The molecule has 3 heterocycles. The summed E-state index contributed by atoms with van der Waals surface area (Å²) in [6.07, 6.45) is 4.96. The smallest absolute Gasteiger partial charge is 0.224 e. The molecule has 0 spiro atoms. The van der Waals surface area contributed by atoms with Crippen LogP contribution in [0.2, 0.25) is 0 Å². The standard InChI is InChI=1S/C21H23N5O2/c1-28-13-12-25-15-16(17-6-2-3-7-18(17)25)14-21(27)22-10-9-20-24-23-19-8-4-5-11-26(19)20/h2-8,11,15H,9-10,12-14H2,1H3,(H,22,27). The topological polar surface area (TPSA) is 73.4 Å². The first kappa shape index (κ1) is 18.2. The van der Waals surface area contributed by atoms with Crippen LogP contribution < -0.4 is 5.32 Å². The van der Waals surface area contributed by atoms with Crippen molar-refractivity contribution in [2.75, 3.05) is 20.3 Å². The lowest BCUT2D eigenvalue weighted by Gasteiger charge is -2.04. The molecule has 4 rings (SSSR count). The van der Waals surface area contributed by atoms with Crippen LogP contribution in [0.25, 0.3) is 16.6 Å². The van der Waals surface area contributed by atoms with Gasteiger partial charge in [0.15, 0.2) is 5.65 Å². The lowest BCUT2D eigenvalue weighted by molar-refractivity contribution is -0.120. The second kappa shape index (κ2) is 8.22. The Kier molecular flexibility index (Phi) is 5.34. The molecule has 0 saturated heterocycles. The van der Waals surface area contributed by atoms with Crippen LogP contribution in [-0.2, 0) is 28.9 Å². The van der Waals surface area contributed by atoms with E-state index in [9.17, 15) is 4.79 Å². The number of methoxy groups -OCH3 is 1. The third-order valence-corrected chi connectivity index (χ3v) is 4.81. The van der Waals surface area contributed by atoms with E-state index in [0.29, 0.717) is 26.0 Å². The maximum absolute atomic E-state index is 12.5. The summed E-state index contributed by atoms with van der Waals surface area (Å²) in [5, 5.41) is 12.4. The molecule has 0 atom stereocenters. The predicted octanol–water partition coefficient (Wildman–Crippen LogP) is 2.23. The number of benzene rings is 1. The Balaban J connectivity index is 1.40. The number of nitrogens with one attached hydrogen (secondary N) is 1. The fourth-order valence-electron chi connectivity index (χ4n) is 3.45. The van der Waals surface area contributed by atoms with Gasteiger partial charge in [-0.2, -0.15) is 0 Å². The number of pyridine rings is 1. The quantitative estimate of drug-likeness (QED) is 0.511. The highest BCUT2D eigenvalue weighted by Crippen LogP contribution is 2.21. The molecule has 0 bridgehead atoms. The van der Waals surface area contributed by atoms with Crippen molar-refractivity contribution < 1.29 is 9.53 Å². The highest BCUT2D eigenvalue weighted by Gasteiger charge is 2.12. The second-order valence-electron chi connectivity index (χ2n) is 6.68. The minimum Gasteiger partial charge on any atom is -0.383 e. The molecule has 0 aliphatic heterocycles. The van der Waals surface area contributed by atoms with Crippen LogP contribution in [0, 0.1) is 0 Å². The van der Waals surface area contributed by atoms with Gasteiger partial charge in [0.05, 0.1) is 13.0 Å². The average Bonchev–Trinajstić information content (AvgIpc) is 3.28. The number of nitrogens with zero attached hydrogens (tertiary/aromatic N) is 4. The molecule has 1 N–H and O–H groups in total. The van der Waals surface area contributed by atoms with Crippen LogP contribution in [0.15, 0.2) is 54.9 Å². The van der Waals surface area contributed by atoms with Crippen LogP contribution in [0.3, 0.4) is 0 Å². The monoisotopic (exact) mass is 377 g/mol. The second-order valence-corrected chi connectivity index (χ2v) is 6.68. The maximum atomic E-state index is 12.5. The highest BCUT2D eigenvalue weighted by molar-refractivity contribution is 5.89. The van der Waals surface area contributed by atoms with E-state index in [1.807, 2.05) is 40.9 Å². The lowest BCUT2D eigenvalue weighted by atomic mass is 10.1. The normalized spacial score (nSPS) is 11.3. The number of para-hydroxylation sites is 1. The molecule has 7 nitrogen and oxygen atoms in total. The summed E-state index contributed by atoms with van der Waals surface area (Å²) >= 11 is 0. The van der Waals surface area contributed by atoms with Gasteiger partial charge in [0.1, 0.15) is 5.82 Å². The summed E-state index contributed by atoms with van der Waals surface area (Å²) in [7, 11) is 1.69. The van der Waals surface area contributed by atoms with E-state index in [2.05, 4.69) is 38.4 Å². The van der Waals surface area contributed by atoms with Crippen LogP contribution in [-0.4, -0.2) is 45.3 Å². The Labute approximate surface area is 162 Å². The molecule has 0 aliphatic rings. The Morgan fingerprint density at radius 1 is 1.14 bits per heavy atom. The van der Waals surface area contributed by atoms with E-state index in [1.54, 1.807) is 7.11 Å². The molecule has 1 aromatic carbocycles. The number of carbonyl (C=O) groups is 1. The van der Waals surface area contributed by atoms with E-state index < -0.39 is 0 Å². The number of fused-ring (bicyclic) bond motifs is 2. The van der Waals surface area contributed by atoms with E-state index in [1.165, 1.54) is 0 Å². The summed E-state index contributed by atoms with van der Waals surface area (Å²) in [6, 6.07) is 13.9. The lowest BCUT2D eigenvalue weighted by Crippen LogP contribution is -2.27. The van der Waals surface area contributed by atoms with Gasteiger partial charge in [0, 0.05) is 49.9 Å². The van der Waals surface area contributed by atoms with Crippen molar-refractivity contribution in [2.45, 2.75) is 19.4 Å². The van der Waals surface area contributed by atoms with Crippen molar-refractivity contribution in [1.29, 1.82) is 0 Å².